The van der Waals surface area contributed by atoms with Gasteiger partial charge in [0.1, 0.15) is 11.3 Å². The zero-order valence-electron chi connectivity index (χ0n) is 25.5. The molecule has 1 atom stereocenters. The van der Waals surface area contributed by atoms with Crippen molar-refractivity contribution in [2.24, 2.45) is 7.05 Å². The number of rotatable bonds is 7. The van der Waals surface area contributed by atoms with Gasteiger partial charge in [-0.1, -0.05) is 0 Å². The minimum Gasteiger partial charge on any atom is -0.490 e. The Hall–Kier alpha value is -4.38. The summed E-state index contributed by atoms with van der Waals surface area (Å²) in [6.45, 7) is 11.3. The number of pyridine rings is 1. The van der Waals surface area contributed by atoms with Crippen LogP contribution in [0, 0.1) is 26.6 Å². The van der Waals surface area contributed by atoms with E-state index in [4.69, 9.17) is 14.5 Å². The Morgan fingerprint density at radius 1 is 1.19 bits per heavy atom. The molecule has 1 amide bonds. The van der Waals surface area contributed by atoms with Crippen LogP contribution in [0.2, 0.25) is 0 Å². The van der Waals surface area contributed by atoms with Gasteiger partial charge < -0.3 is 24.5 Å². The minimum atomic E-state index is -1.40. The predicted molar refractivity (Wildman–Crippen MR) is 159 cm³/mol. The van der Waals surface area contributed by atoms with Gasteiger partial charge >= 0.3 is 5.97 Å². The molecule has 10 nitrogen and oxygen atoms in total. The summed E-state index contributed by atoms with van der Waals surface area (Å²) in [6, 6.07) is 3.05. The third kappa shape index (κ3) is 5.81. The number of benzene rings is 1. The van der Waals surface area contributed by atoms with Crippen LogP contribution in [0.5, 0.6) is 5.75 Å². The highest BCUT2D eigenvalue weighted by Crippen LogP contribution is 2.44. The molecule has 0 radical (unpaired) electrons. The fraction of sp³-hybridized carbons (Fsp3) is 0.406. The van der Waals surface area contributed by atoms with Crippen molar-refractivity contribution in [3.63, 3.8) is 0 Å². The number of aliphatic carboxylic acids is 1. The van der Waals surface area contributed by atoms with Crippen molar-refractivity contribution in [1.82, 2.24) is 24.8 Å². The molecule has 5 rings (SSSR count). The van der Waals surface area contributed by atoms with Gasteiger partial charge in [-0.3, -0.25) is 14.8 Å². The maximum absolute atomic E-state index is 15.6. The molecular formula is C32H36FN5O5. The Kier molecular flexibility index (Phi) is 7.95. The molecule has 0 saturated heterocycles. The molecule has 1 aliphatic rings. The number of carbonyl (C=O) groups excluding carboxylic acids is 1. The number of nitrogens with zero attached hydrogens (tertiary/aromatic N) is 4. The lowest BCUT2D eigenvalue weighted by atomic mass is 9.86. The molecule has 226 valence electrons. The topological polar surface area (TPSA) is 128 Å². The molecule has 0 bridgehead atoms. The summed E-state index contributed by atoms with van der Waals surface area (Å²) in [5.74, 6) is -1.88. The van der Waals surface area contributed by atoms with E-state index in [-0.39, 0.29) is 18.2 Å². The minimum absolute atomic E-state index is 0.161. The van der Waals surface area contributed by atoms with E-state index in [1.54, 1.807) is 57.8 Å². The lowest BCUT2D eigenvalue weighted by Crippen LogP contribution is -2.28. The number of aryl methyl sites for hydroxylation is 3. The largest absolute Gasteiger partial charge is 0.490 e. The average molecular weight is 590 g/mol. The highest BCUT2D eigenvalue weighted by molar-refractivity contribution is 6.04. The number of amides is 1. The summed E-state index contributed by atoms with van der Waals surface area (Å²) in [5, 5.41) is 13.8. The van der Waals surface area contributed by atoms with Gasteiger partial charge in [0.25, 0.3) is 5.91 Å². The molecule has 4 aromatic rings. The van der Waals surface area contributed by atoms with Crippen molar-refractivity contribution in [3.05, 3.63) is 69.8 Å². The van der Waals surface area contributed by atoms with Crippen LogP contribution < -0.4 is 10.1 Å². The van der Waals surface area contributed by atoms with Gasteiger partial charge in [0.2, 0.25) is 0 Å². The standard InChI is InChI=1S/C32H36FN5O5/c1-16-13-35-19(14-34-16)15-36-30(39)24-12-22-26(21-11-23(33)27-20(17(21)2)9-8-10-42-27)25(18(3)37-29(22)38(24)7)28(31(40)41)43-32(4,5)6/h11-14,28H,8-10,15H2,1-7H3,(H,36,39)(H,40,41)/t28-/m0/s1. The van der Waals surface area contributed by atoms with Crippen LogP contribution in [-0.4, -0.2) is 48.7 Å². The van der Waals surface area contributed by atoms with Crippen LogP contribution in [0.1, 0.15) is 77.6 Å². The number of carboxylic acid groups (broad SMARTS) is 1. The van der Waals surface area contributed by atoms with E-state index < -0.39 is 23.5 Å². The monoisotopic (exact) mass is 589 g/mol. The zero-order chi connectivity index (χ0) is 31.2. The number of hydrogen-bond donors (Lipinski definition) is 2. The van der Waals surface area contributed by atoms with Crippen molar-refractivity contribution in [1.29, 1.82) is 0 Å². The van der Waals surface area contributed by atoms with E-state index in [1.807, 2.05) is 13.8 Å². The van der Waals surface area contributed by atoms with Gasteiger partial charge in [0, 0.05) is 41.0 Å². The van der Waals surface area contributed by atoms with Gasteiger partial charge in [0.05, 0.1) is 36.3 Å². The molecule has 11 heteroatoms. The highest BCUT2D eigenvalue weighted by atomic mass is 19.1. The lowest BCUT2D eigenvalue weighted by molar-refractivity contribution is -0.160. The van der Waals surface area contributed by atoms with Crippen LogP contribution in [-0.2, 0) is 29.5 Å². The van der Waals surface area contributed by atoms with Crippen LogP contribution in [0.4, 0.5) is 4.39 Å². The Balaban J connectivity index is 1.74. The summed E-state index contributed by atoms with van der Waals surface area (Å²) in [4.78, 5) is 39.4. The zero-order valence-corrected chi connectivity index (χ0v) is 25.5. The molecule has 0 unspecified atom stereocenters. The van der Waals surface area contributed by atoms with E-state index >= 15 is 4.39 Å². The Bertz CT molecular complexity index is 1740. The number of hydrogen-bond acceptors (Lipinski definition) is 7. The summed E-state index contributed by atoms with van der Waals surface area (Å²) in [7, 11) is 1.72. The fourth-order valence-corrected chi connectivity index (χ4v) is 5.56. The van der Waals surface area contributed by atoms with Gasteiger partial charge in [-0.05, 0) is 77.6 Å². The first kappa shape index (κ1) is 30.1. The van der Waals surface area contributed by atoms with Crippen molar-refractivity contribution < 1.29 is 28.6 Å². The molecule has 0 saturated carbocycles. The second kappa shape index (κ2) is 11.4. The van der Waals surface area contributed by atoms with E-state index in [2.05, 4.69) is 15.3 Å². The molecule has 2 N–H and O–H groups in total. The maximum atomic E-state index is 15.6. The molecule has 4 heterocycles. The second-order valence-corrected chi connectivity index (χ2v) is 11.9. The first-order valence-electron chi connectivity index (χ1n) is 14.2. The van der Waals surface area contributed by atoms with Crippen LogP contribution >= 0.6 is 0 Å². The van der Waals surface area contributed by atoms with Crippen LogP contribution in [0.3, 0.4) is 0 Å². The fourth-order valence-electron chi connectivity index (χ4n) is 5.56. The Morgan fingerprint density at radius 3 is 2.58 bits per heavy atom. The summed E-state index contributed by atoms with van der Waals surface area (Å²) in [6.07, 6.45) is 3.19. The number of ether oxygens (including phenoxy) is 2. The Morgan fingerprint density at radius 2 is 1.93 bits per heavy atom. The SMILES string of the molecule is Cc1cnc(CNC(=O)c2cc3c(-c4cc(F)c5c(c4C)CCCO5)c([C@H](OC(C)(C)C)C(=O)O)c(C)nc3n2C)cn1. The van der Waals surface area contributed by atoms with Crippen molar-refractivity contribution in [2.75, 3.05) is 6.61 Å². The smallest absolute Gasteiger partial charge is 0.337 e. The number of fused-ring (bicyclic) bond motifs is 2. The van der Waals surface area contributed by atoms with Gasteiger partial charge in [-0.2, -0.15) is 0 Å². The van der Waals surface area contributed by atoms with Crippen molar-refractivity contribution in [3.8, 4) is 16.9 Å². The number of aromatic nitrogens is 4. The molecule has 43 heavy (non-hydrogen) atoms. The quantitative estimate of drug-likeness (QED) is 0.298. The molecular weight excluding hydrogens is 553 g/mol. The predicted octanol–water partition coefficient (Wildman–Crippen LogP) is 5.29. The number of halogens is 1. The molecule has 0 spiro atoms. The maximum Gasteiger partial charge on any atom is 0.337 e. The third-order valence-corrected chi connectivity index (χ3v) is 7.56. The van der Waals surface area contributed by atoms with Crippen molar-refractivity contribution in [2.45, 2.75) is 72.6 Å². The molecule has 1 aliphatic heterocycles. The first-order valence-corrected chi connectivity index (χ1v) is 14.2. The number of carbonyl (C=O) groups is 2. The summed E-state index contributed by atoms with van der Waals surface area (Å²) < 4.78 is 29.0. The van der Waals surface area contributed by atoms with Crippen molar-refractivity contribution >= 4 is 22.9 Å². The third-order valence-electron chi connectivity index (χ3n) is 7.56. The molecule has 0 aliphatic carbocycles. The van der Waals surface area contributed by atoms with Gasteiger partial charge in [-0.15, -0.1) is 0 Å². The highest BCUT2D eigenvalue weighted by Gasteiger charge is 2.34. The summed E-state index contributed by atoms with van der Waals surface area (Å²) >= 11 is 0. The van der Waals surface area contributed by atoms with Crippen LogP contribution in [0.25, 0.3) is 22.2 Å². The Labute approximate surface area is 249 Å². The summed E-state index contributed by atoms with van der Waals surface area (Å²) in [5.41, 5.74) is 4.48. The normalized spacial score (nSPS) is 13.9. The van der Waals surface area contributed by atoms with E-state index in [9.17, 15) is 14.7 Å². The van der Waals surface area contributed by atoms with Gasteiger partial charge in [0.15, 0.2) is 17.7 Å². The van der Waals surface area contributed by atoms with E-state index in [0.717, 1.165) is 23.2 Å². The van der Waals surface area contributed by atoms with Gasteiger partial charge in [-0.25, -0.2) is 14.2 Å². The van der Waals surface area contributed by atoms with E-state index in [0.29, 0.717) is 57.8 Å². The number of carboxylic acids is 1. The average Bonchev–Trinajstić information content (AvgIpc) is 3.28. The molecule has 1 aromatic carbocycles. The molecule has 0 fully saturated rings. The number of nitrogens with one attached hydrogen (secondary N) is 1. The molecule has 3 aromatic heterocycles. The second-order valence-electron chi connectivity index (χ2n) is 11.9. The lowest BCUT2D eigenvalue weighted by Gasteiger charge is -2.29. The first-order chi connectivity index (χ1) is 20.3. The van der Waals surface area contributed by atoms with Crippen LogP contribution in [0.15, 0.2) is 24.5 Å². The van der Waals surface area contributed by atoms with E-state index in [1.165, 1.54) is 6.07 Å².